The van der Waals surface area contributed by atoms with Crippen molar-refractivity contribution in [3.8, 4) is 0 Å². The molecular formula is C15H14BrClFN. The van der Waals surface area contributed by atoms with Gasteiger partial charge in [-0.1, -0.05) is 36.7 Å². The first-order valence-corrected chi connectivity index (χ1v) is 7.25. The SMILES string of the molecule is CCC(Nc1ccc(Cl)cc1Br)c1ccccc1F. The third-order valence-electron chi connectivity index (χ3n) is 2.95. The smallest absolute Gasteiger partial charge is 0.128 e. The minimum atomic E-state index is -0.188. The second-order valence-electron chi connectivity index (χ2n) is 4.25. The van der Waals surface area contributed by atoms with Crippen LogP contribution in [0.4, 0.5) is 10.1 Å². The van der Waals surface area contributed by atoms with Crippen LogP contribution in [-0.4, -0.2) is 0 Å². The standard InChI is InChI=1S/C15H14BrClFN/c1-2-14(11-5-3-4-6-13(11)18)19-15-8-7-10(17)9-12(15)16/h3-9,14,19H,2H2,1H3. The van der Waals surface area contributed by atoms with E-state index in [-0.39, 0.29) is 11.9 Å². The Bertz CT molecular complexity index is 574. The number of anilines is 1. The molecule has 1 N–H and O–H groups in total. The van der Waals surface area contributed by atoms with E-state index >= 15 is 0 Å². The summed E-state index contributed by atoms with van der Waals surface area (Å²) in [4.78, 5) is 0. The van der Waals surface area contributed by atoms with Crippen LogP contribution in [0.15, 0.2) is 46.9 Å². The molecule has 0 spiro atoms. The molecular weight excluding hydrogens is 329 g/mol. The lowest BCUT2D eigenvalue weighted by atomic mass is 10.0. The van der Waals surface area contributed by atoms with Crippen molar-refractivity contribution in [2.75, 3.05) is 5.32 Å². The summed E-state index contributed by atoms with van der Waals surface area (Å²) in [5.74, 6) is -0.188. The lowest BCUT2D eigenvalue weighted by molar-refractivity contribution is 0.587. The van der Waals surface area contributed by atoms with E-state index in [0.717, 1.165) is 16.6 Å². The minimum Gasteiger partial charge on any atom is -0.377 e. The topological polar surface area (TPSA) is 12.0 Å². The molecule has 2 aromatic rings. The van der Waals surface area contributed by atoms with Gasteiger partial charge in [-0.2, -0.15) is 0 Å². The average molecular weight is 343 g/mol. The van der Waals surface area contributed by atoms with E-state index in [1.54, 1.807) is 12.1 Å². The molecule has 1 atom stereocenters. The van der Waals surface area contributed by atoms with Crippen LogP contribution in [0, 0.1) is 5.82 Å². The van der Waals surface area contributed by atoms with Crippen LogP contribution < -0.4 is 5.32 Å². The number of hydrogen-bond acceptors (Lipinski definition) is 1. The van der Waals surface area contributed by atoms with Gasteiger partial charge in [0.05, 0.1) is 6.04 Å². The van der Waals surface area contributed by atoms with Crippen LogP contribution in [0.3, 0.4) is 0 Å². The Balaban J connectivity index is 2.27. The molecule has 0 heterocycles. The van der Waals surface area contributed by atoms with Crippen molar-refractivity contribution < 1.29 is 4.39 Å². The highest BCUT2D eigenvalue weighted by atomic mass is 79.9. The summed E-state index contributed by atoms with van der Waals surface area (Å²) in [6, 6.07) is 12.3. The molecule has 0 saturated carbocycles. The molecule has 0 aliphatic heterocycles. The molecule has 1 unspecified atom stereocenters. The Morgan fingerprint density at radius 2 is 2.00 bits per heavy atom. The summed E-state index contributed by atoms with van der Waals surface area (Å²) >= 11 is 9.37. The van der Waals surface area contributed by atoms with Gasteiger partial charge in [-0.05, 0) is 46.6 Å². The van der Waals surface area contributed by atoms with E-state index in [4.69, 9.17) is 11.6 Å². The van der Waals surface area contributed by atoms with E-state index in [2.05, 4.69) is 21.2 Å². The highest BCUT2D eigenvalue weighted by molar-refractivity contribution is 9.10. The van der Waals surface area contributed by atoms with Crippen molar-refractivity contribution in [3.63, 3.8) is 0 Å². The van der Waals surface area contributed by atoms with Crippen molar-refractivity contribution in [2.24, 2.45) is 0 Å². The number of benzene rings is 2. The van der Waals surface area contributed by atoms with Crippen LogP contribution in [0.25, 0.3) is 0 Å². The molecule has 0 saturated heterocycles. The lowest BCUT2D eigenvalue weighted by Gasteiger charge is -2.20. The zero-order valence-electron chi connectivity index (χ0n) is 10.5. The minimum absolute atomic E-state index is 0.0707. The summed E-state index contributed by atoms with van der Waals surface area (Å²) in [5.41, 5.74) is 1.58. The van der Waals surface area contributed by atoms with Gasteiger partial charge in [-0.15, -0.1) is 0 Å². The van der Waals surface area contributed by atoms with Gasteiger partial charge >= 0.3 is 0 Å². The first kappa shape index (κ1) is 14.4. The van der Waals surface area contributed by atoms with E-state index in [0.29, 0.717) is 10.6 Å². The third kappa shape index (κ3) is 3.48. The molecule has 0 aliphatic rings. The summed E-state index contributed by atoms with van der Waals surface area (Å²) < 4.78 is 14.7. The fourth-order valence-electron chi connectivity index (χ4n) is 1.95. The zero-order valence-corrected chi connectivity index (χ0v) is 12.8. The van der Waals surface area contributed by atoms with E-state index in [1.165, 1.54) is 6.07 Å². The van der Waals surface area contributed by atoms with Gasteiger partial charge < -0.3 is 5.32 Å². The predicted molar refractivity (Wildman–Crippen MR) is 82.2 cm³/mol. The van der Waals surface area contributed by atoms with Gasteiger partial charge in [0.25, 0.3) is 0 Å². The number of hydrogen-bond donors (Lipinski definition) is 1. The third-order valence-corrected chi connectivity index (χ3v) is 3.84. The van der Waals surface area contributed by atoms with E-state index < -0.39 is 0 Å². The summed E-state index contributed by atoms with van der Waals surface area (Å²) in [7, 11) is 0. The fourth-order valence-corrected chi connectivity index (χ4v) is 2.75. The number of rotatable bonds is 4. The van der Waals surface area contributed by atoms with Gasteiger partial charge in [0, 0.05) is 20.7 Å². The molecule has 0 aliphatic carbocycles. The largest absolute Gasteiger partial charge is 0.377 e. The molecule has 19 heavy (non-hydrogen) atoms. The first-order valence-electron chi connectivity index (χ1n) is 6.08. The Hall–Kier alpha value is -1.06. The Kier molecular flexibility index (Phi) is 4.83. The number of nitrogens with one attached hydrogen (secondary N) is 1. The Labute approximate surface area is 125 Å². The van der Waals surface area contributed by atoms with Crippen LogP contribution in [0.5, 0.6) is 0 Å². The van der Waals surface area contributed by atoms with Crippen LogP contribution in [-0.2, 0) is 0 Å². The maximum atomic E-state index is 13.8. The van der Waals surface area contributed by atoms with Gasteiger partial charge in [0.15, 0.2) is 0 Å². The van der Waals surface area contributed by atoms with Gasteiger partial charge in [-0.3, -0.25) is 0 Å². The van der Waals surface area contributed by atoms with Crippen molar-refractivity contribution in [1.82, 2.24) is 0 Å². The number of halogens is 3. The fraction of sp³-hybridized carbons (Fsp3) is 0.200. The Morgan fingerprint density at radius 3 is 2.63 bits per heavy atom. The monoisotopic (exact) mass is 341 g/mol. The predicted octanol–water partition coefficient (Wildman–Crippen LogP) is 5.80. The highest BCUT2D eigenvalue weighted by Gasteiger charge is 2.14. The lowest BCUT2D eigenvalue weighted by Crippen LogP contribution is -2.11. The van der Waals surface area contributed by atoms with Gasteiger partial charge in [-0.25, -0.2) is 4.39 Å². The quantitative estimate of drug-likeness (QED) is 0.740. The average Bonchev–Trinajstić information content (AvgIpc) is 2.39. The summed E-state index contributed by atoms with van der Waals surface area (Å²) in [6.07, 6.45) is 0.788. The molecule has 0 fully saturated rings. The van der Waals surface area contributed by atoms with Crippen LogP contribution in [0.1, 0.15) is 24.9 Å². The molecule has 2 aromatic carbocycles. The van der Waals surface area contributed by atoms with E-state index in [1.807, 2.05) is 31.2 Å². The zero-order chi connectivity index (χ0) is 13.8. The van der Waals surface area contributed by atoms with Gasteiger partial charge in [0.1, 0.15) is 5.82 Å². The maximum Gasteiger partial charge on any atom is 0.128 e. The van der Waals surface area contributed by atoms with Crippen molar-refractivity contribution in [2.45, 2.75) is 19.4 Å². The second-order valence-corrected chi connectivity index (χ2v) is 5.54. The molecule has 4 heteroatoms. The molecule has 0 aromatic heterocycles. The van der Waals surface area contributed by atoms with Crippen molar-refractivity contribution in [3.05, 3.63) is 63.3 Å². The van der Waals surface area contributed by atoms with Crippen LogP contribution >= 0.6 is 27.5 Å². The first-order chi connectivity index (χ1) is 9.11. The molecule has 100 valence electrons. The molecule has 0 amide bonds. The Morgan fingerprint density at radius 1 is 1.26 bits per heavy atom. The van der Waals surface area contributed by atoms with E-state index in [9.17, 15) is 4.39 Å². The molecule has 2 rings (SSSR count). The molecule has 1 nitrogen and oxygen atoms in total. The van der Waals surface area contributed by atoms with Crippen LogP contribution in [0.2, 0.25) is 5.02 Å². The highest BCUT2D eigenvalue weighted by Crippen LogP contribution is 2.31. The molecule has 0 radical (unpaired) electrons. The van der Waals surface area contributed by atoms with Crippen molar-refractivity contribution in [1.29, 1.82) is 0 Å². The molecule has 0 bridgehead atoms. The van der Waals surface area contributed by atoms with Crippen molar-refractivity contribution >= 4 is 33.2 Å². The maximum absolute atomic E-state index is 13.8. The summed E-state index contributed by atoms with van der Waals surface area (Å²) in [6.45, 7) is 2.02. The van der Waals surface area contributed by atoms with Gasteiger partial charge in [0.2, 0.25) is 0 Å². The normalized spacial score (nSPS) is 12.2. The summed E-state index contributed by atoms with van der Waals surface area (Å²) in [5, 5.41) is 4.00. The second kappa shape index (κ2) is 6.40.